The summed E-state index contributed by atoms with van der Waals surface area (Å²) in [6.07, 6.45) is 4.00. The molecule has 30 heavy (non-hydrogen) atoms. The van der Waals surface area contributed by atoms with E-state index in [2.05, 4.69) is 48.7 Å². The van der Waals surface area contributed by atoms with Gasteiger partial charge in [-0.05, 0) is 74.9 Å². The zero-order valence-corrected chi connectivity index (χ0v) is 18.2. The molecule has 1 aliphatic heterocycles. The SMILES string of the molecule is CC(=O)N1CCC[C@@H]1c1nc2ccccc2n1CCCCOc1ccc(C)c(C)c1. The Hall–Kier alpha value is -2.82. The van der Waals surface area contributed by atoms with Crippen LogP contribution in [0, 0.1) is 13.8 Å². The molecule has 2 aromatic carbocycles. The minimum Gasteiger partial charge on any atom is -0.494 e. The quantitative estimate of drug-likeness (QED) is 0.508. The first-order valence-corrected chi connectivity index (χ1v) is 11.0. The molecule has 1 aromatic heterocycles. The largest absolute Gasteiger partial charge is 0.494 e. The van der Waals surface area contributed by atoms with Crippen LogP contribution in [0.15, 0.2) is 42.5 Å². The predicted molar refractivity (Wildman–Crippen MR) is 120 cm³/mol. The number of carbonyl (C=O) groups excluding carboxylic acids is 1. The van der Waals surface area contributed by atoms with E-state index in [0.29, 0.717) is 6.61 Å². The normalized spacial score (nSPS) is 16.4. The van der Waals surface area contributed by atoms with Crippen LogP contribution >= 0.6 is 0 Å². The van der Waals surface area contributed by atoms with Gasteiger partial charge in [0.05, 0.1) is 23.7 Å². The summed E-state index contributed by atoms with van der Waals surface area (Å²) in [7, 11) is 0. The summed E-state index contributed by atoms with van der Waals surface area (Å²) in [6.45, 7) is 8.30. The number of imidazole rings is 1. The maximum atomic E-state index is 12.1. The molecule has 0 bridgehead atoms. The van der Waals surface area contributed by atoms with Gasteiger partial charge >= 0.3 is 0 Å². The number of unbranched alkanes of at least 4 members (excludes halogenated alkanes) is 1. The molecule has 5 nitrogen and oxygen atoms in total. The Morgan fingerprint density at radius 3 is 2.77 bits per heavy atom. The van der Waals surface area contributed by atoms with Crippen LogP contribution in [0.4, 0.5) is 0 Å². The number of nitrogens with zero attached hydrogens (tertiary/aromatic N) is 3. The molecule has 158 valence electrons. The Labute approximate surface area is 178 Å². The first-order chi connectivity index (χ1) is 14.5. The van der Waals surface area contributed by atoms with Gasteiger partial charge in [-0.25, -0.2) is 4.98 Å². The van der Waals surface area contributed by atoms with Crippen molar-refractivity contribution >= 4 is 16.9 Å². The molecule has 3 aromatic rings. The van der Waals surface area contributed by atoms with Gasteiger partial charge in [-0.2, -0.15) is 0 Å². The fourth-order valence-corrected chi connectivity index (χ4v) is 4.36. The summed E-state index contributed by atoms with van der Waals surface area (Å²) in [4.78, 5) is 19.0. The summed E-state index contributed by atoms with van der Waals surface area (Å²) in [5, 5.41) is 0. The molecule has 0 unspecified atom stereocenters. The number of para-hydroxylation sites is 2. The lowest BCUT2D eigenvalue weighted by Crippen LogP contribution is -2.30. The summed E-state index contributed by atoms with van der Waals surface area (Å²) in [5.74, 6) is 2.10. The van der Waals surface area contributed by atoms with E-state index in [1.807, 2.05) is 17.0 Å². The van der Waals surface area contributed by atoms with Crippen molar-refractivity contribution in [3.8, 4) is 5.75 Å². The minimum atomic E-state index is 0.0849. The van der Waals surface area contributed by atoms with E-state index in [4.69, 9.17) is 9.72 Å². The van der Waals surface area contributed by atoms with Gasteiger partial charge in [-0.15, -0.1) is 0 Å². The fraction of sp³-hybridized carbons (Fsp3) is 0.440. The number of likely N-dealkylation sites (tertiary alicyclic amines) is 1. The van der Waals surface area contributed by atoms with Gasteiger partial charge in [0.25, 0.3) is 0 Å². The van der Waals surface area contributed by atoms with Crippen LogP contribution in [0.5, 0.6) is 5.75 Å². The molecule has 1 saturated heterocycles. The molecule has 2 heterocycles. The second kappa shape index (κ2) is 8.90. The topological polar surface area (TPSA) is 47.4 Å². The highest BCUT2D eigenvalue weighted by Crippen LogP contribution is 2.33. The maximum Gasteiger partial charge on any atom is 0.220 e. The van der Waals surface area contributed by atoms with Crippen molar-refractivity contribution in [3.05, 3.63) is 59.4 Å². The van der Waals surface area contributed by atoms with Gasteiger partial charge in [0.1, 0.15) is 11.6 Å². The number of aromatic nitrogens is 2. The Bertz CT molecular complexity index is 1040. The fourth-order valence-electron chi connectivity index (χ4n) is 4.36. The van der Waals surface area contributed by atoms with Crippen molar-refractivity contribution in [1.29, 1.82) is 0 Å². The number of benzene rings is 2. The highest BCUT2D eigenvalue weighted by atomic mass is 16.5. The van der Waals surface area contributed by atoms with Crippen molar-refractivity contribution < 1.29 is 9.53 Å². The average molecular weight is 406 g/mol. The Balaban J connectivity index is 1.44. The molecule has 0 spiro atoms. The monoisotopic (exact) mass is 405 g/mol. The summed E-state index contributed by atoms with van der Waals surface area (Å²) < 4.78 is 8.27. The van der Waals surface area contributed by atoms with Crippen LogP contribution < -0.4 is 4.74 Å². The Morgan fingerprint density at radius 1 is 1.13 bits per heavy atom. The van der Waals surface area contributed by atoms with Gasteiger partial charge in [0.2, 0.25) is 5.91 Å². The Kier molecular flexibility index (Phi) is 6.07. The number of carbonyl (C=O) groups is 1. The summed E-state index contributed by atoms with van der Waals surface area (Å²) in [6, 6.07) is 14.6. The molecule has 1 atom stereocenters. The van der Waals surface area contributed by atoms with Gasteiger partial charge in [0.15, 0.2) is 0 Å². The molecule has 0 radical (unpaired) electrons. The van der Waals surface area contributed by atoms with Crippen LogP contribution in [0.2, 0.25) is 0 Å². The molecule has 5 heteroatoms. The highest BCUT2D eigenvalue weighted by molar-refractivity contribution is 5.77. The molecular weight excluding hydrogens is 374 g/mol. The van der Waals surface area contributed by atoms with Crippen molar-refractivity contribution in [2.45, 2.75) is 59.0 Å². The van der Waals surface area contributed by atoms with Crippen molar-refractivity contribution in [2.75, 3.05) is 13.2 Å². The molecule has 0 N–H and O–H groups in total. The molecule has 0 aliphatic carbocycles. The predicted octanol–water partition coefficient (Wildman–Crippen LogP) is 5.20. The second-order valence-electron chi connectivity index (χ2n) is 8.28. The van der Waals surface area contributed by atoms with E-state index in [1.54, 1.807) is 6.92 Å². The second-order valence-corrected chi connectivity index (χ2v) is 8.28. The third kappa shape index (κ3) is 4.20. The number of rotatable bonds is 7. The van der Waals surface area contributed by atoms with Crippen LogP contribution in [0.3, 0.4) is 0 Å². The van der Waals surface area contributed by atoms with E-state index in [9.17, 15) is 4.79 Å². The molecule has 0 saturated carbocycles. The van der Waals surface area contributed by atoms with E-state index in [-0.39, 0.29) is 11.9 Å². The highest BCUT2D eigenvalue weighted by Gasteiger charge is 2.31. The number of ether oxygens (including phenoxy) is 1. The number of fused-ring (bicyclic) bond motifs is 1. The van der Waals surface area contributed by atoms with Crippen LogP contribution in [0.25, 0.3) is 11.0 Å². The number of hydrogen-bond donors (Lipinski definition) is 0. The van der Waals surface area contributed by atoms with E-state index < -0.39 is 0 Å². The van der Waals surface area contributed by atoms with Gasteiger partial charge < -0.3 is 14.2 Å². The molecule has 4 rings (SSSR count). The number of amides is 1. The van der Waals surface area contributed by atoms with Crippen molar-refractivity contribution in [1.82, 2.24) is 14.5 Å². The van der Waals surface area contributed by atoms with Crippen molar-refractivity contribution in [3.63, 3.8) is 0 Å². The minimum absolute atomic E-state index is 0.0849. The molecule has 1 amide bonds. The first kappa shape index (κ1) is 20.5. The van der Waals surface area contributed by atoms with Crippen LogP contribution in [-0.4, -0.2) is 33.5 Å². The third-order valence-corrected chi connectivity index (χ3v) is 6.16. The first-order valence-electron chi connectivity index (χ1n) is 11.0. The van der Waals surface area contributed by atoms with Gasteiger partial charge in [-0.3, -0.25) is 4.79 Å². The average Bonchev–Trinajstić information content (AvgIpc) is 3.35. The lowest BCUT2D eigenvalue weighted by atomic mass is 10.1. The van der Waals surface area contributed by atoms with E-state index in [0.717, 1.165) is 61.4 Å². The van der Waals surface area contributed by atoms with Gasteiger partial charge in [-0.1, -0.05) is 18.2 Å². The summed E-state index contributed by atoms with van der Waals surface area (Å²) in [5.41, 5.74) is 4.70. The van der Waals surface area contributed by atoms with Crippen LogP contribution in [0.1, 0.15) is 55.6 Å². The van der Waals surface area contributed by atoms with Crippen molar-refractivity contribution in [2.24, 2.45) is 0 Å². The molecular formula is C25H31N3O2. The van der Waals surface area contributed by atoms with E-state index in [1.165, 1.54) is 11.1 Å². The lowest BCUT2D eigenvalue weighted by Gasteiger charge is -2.24. The zero-order valence-electron chi connectivity index (χ0n) is 18.2. The zero-order chi connectivity index (χ0) is 21.1. The van der Waals surface area contributed by atoms with E-state index >= 15 is 0 Å². The third-order valence-electron chi connectivity index (χ3n) is 6.16. The smallest absolute Gasteiger partial charge is 0.220 e. The standard InChI is InChI=1S/C25H31N3O2/c1-18-12-13-21(17-19(18)2)30-16-7-6-14-28-23-10-5-4-9-22(23)26-25(28)24-11-8-15-27(24)20(3)29/h4-5,9-10,12-13,17,24H,6-8,11,14-16H2,1-3H3/t24-/m1/s1. The number of aryl methyl sites for hydroxylation is 3. The molecule has 1 fully saturated rings. The number of hydrogen-bond acceptors (Lipinski definition) is 3. The lowest BCUT2D eigenvalue weighted by molar-refractivity contribution is -0.129. The molecule has 1 aliphatic rings. The Morgan fingerprint density at radius 2 is 1.97 bits per heavy atom. The summed E-state index contributed by atoms with van der Waals surface area (Å²) >= 11 is 0. The maximum absolute atomic E-state index is 12.1. The van der Waals surface area contributed by atoms with Crippen LogP contribution in [-0.2, 0) is 11.3 Å². The van der Waals surface area contributed by atoms with Gasteiger partial charge in [0, 0.05) is 20.0 Å².